The predicted octanol–water partition coefficient (Wildman–Crippen LogP) is 5.90. The van der Waals surface area contributed by atoms with Gasteiger partial charge in [-0.25, -0.2) is 9.37 Å². The molecule has 0 saturated carbocycles. The number of amides is 1. The van der Waals surface area contributed by atoms with Crippen LogP contribution in [0, 0.1) is 5.82 Å². The molecule has 6 nitrogen and oxygen atoms in total. The van der Waals surface area contributed by atoms with Crippen LogP contribution in [0.25, 0.3) is 0 Å². The third-order valence-electron chi connectivity index (χ3n) is 7.55. The lowest BCUT2D eigenvalue weighted by Gasteiger charge is -2.43. The van der Waals surface area contributed by atoms with E-state index < -0.39 is 0 Å². The van der Waals surface area contributed by atoms with Crippen LogP contribution in [0.2, 0.25) is 15.1 Å². The molecule has 0 atom stereocenters. The van der Waals surface area contributed by atoms with Crippen LogP contribution < -0.4 is 10.2 Å². The third-order valence-corrected chi connectivity index (χ3v) is 8.41. The first kappa shape index (κ1) is 28.1. The fraction of sp³-hybridized carbons (Fsp3) is 0.379. The fourth-order valence-corrected chi connectivity index (χ4v) is 6.08. The molecule has 0 bridgehead atoms. The molecule has 1 N–H and O–H groups in total. The van der Waals surface area contributed by atoms with Crippen molar-refractivity contribution in [1.29, 1.82) is 0 Å². The summed E-state index contributed by atoms with van der Waals surface area (Å²) in [5, 5.41) is 4.38. The molecule has 2 aliphatic rings. The molecule has 0 radical (unpaired) electrons. The summed E-state index contributed by atoms with van der Waals surface area (Å²) < 4.78 is 13.2. The fourth-order valence-electron chi connectivity index (χ4n) is 5.32. The number of piperazine rings is 1. The van der Waals surface area contributed by atoms with Gasteiger partial charge in [-0.05, 0) is 67.4 Å². The number of rotatable bonds is 7. The van der Waals surface area contributed by atoms with Crippen LogP contribution in [-0.4, -0.2) is 66.0 Å². The highest BCUT2D eigenvalue weighted by Crippen LogP contribution is 2.27. The van der Waals surface area contributed by atoms with E-state index in [1.807, 2.05) is 12.1 Å². The smallest absolute Gasteiger partial charge is 0.253 e. The van der Waals surface area contributed by atoms with Crippen molar-refractivity contribution >= 4 is 46.5 Å². The third kappa shape index (κ3) is 7.21. The molecular weight excluding hydrogens is 560 g/mol. The van der Waals surface area contributed by atoms with Gasteiger partial charge in [0, 0.05) is 61.6 Å². The van der Waals surface area contributed by atoms with Crippen LogP contribution >= 0.6 is 34.8 Å². The number of carbonyl (C=O) groups excluding carboxylic acids is 1. The Hall–Kier alpha value is -2.42. The minimum atomic E-state index is -0.266. The first-order chi connectivity index (χ1) is 18.9. The van der Waals surface area contributed by atoms with Crippen molar-refractivity contribution in [2.24, 2.45) is 0 Å². The number of halogens is 4. The number of aromatic nitrogens is 1. The predicted molar refractivity (Wildman–Crippen MR) is 155 cm³/mol. The average molecular weight is 591 g/mol. The average Bonchev–Trinajstić information content (AvgIpc) is 2.94. The van der Waals surface area contributed by atoms with Crippen molar-refractivity contribution in [2.75, 3.05) is 44.2 Å². The van der Waals surface area contributed by atoms with Crippen LogP contribution in [0.5, 0.6) is 0 Å². The number of hydrogen-bond donors (Lipinski definition) is 1. The summed E-state index contributed by atoms with van der Waals surface area (Å²) in [6, 6.07) is 14.2. The highest BCUT2D eigenvalue weighted by molar-refractivity contribution is 6.35. The van der Waals surface area contributed by atoms with Gasteiger partial charge in [0.25, 0.3) is 5.91 Å². The van der Waals surface area contributed by atoms with Crippen molar-refractivity contribution in [1.82, 2.24) is 20.1 Å². The van der Waals surface area contributed by atoms with E-state index in [0.29, 0.717) is 32.5 Å². The summed E-state index contributed by atoms with van der Waals surface area (Å²) in [7, 11) is 0. The van der Waals surface area contributed by atoms with Crippen LogP contribution in [-0.2, 0) is 13.1 Å². The highest BCUT2D eigenvalue weighted by atomic mass is 35.5. The quantitative estimate of drug-likeness (QED) is 0.372. The zero-order valence-electron chi connectivity index (χ0n) is 21.6. The van der Waals surface area contributed by atoms with Gasteiger partial charge in [0.2, 0.25) is 0 Å². The van der Waals surface area contributed by atoms with Crippen molar-refractivity contribution in [3.05, 3.63) is 92.3 Å². The van der Waals surface area contributed by atoms with Crippen LogP contribution in [0.15, 0.2) is 54.7 Å². The summed E-state index contributed by atoms with van der Waals surface area (Å²) in [5.41, 5.74) is 2.34. The number of piperidine rings is 1. The summed E-state index contributed by atoms with van der Waals surface area (Å²) in [5.74, 6) is 0.255. The van der Waals surface area contributed by atoms with Gasteiger partial charge in [-0.15, -0.1) is 0 Å². The van der Waals surface area contributed by atoms with Crippen molar-refractivity contribution in [2.45, 2.75) is 32.0 Å². The number of anilines is 1. The number of nitrogens with one attached hydrogen (secondary N) is 1. The van der Waals surface area contributed by atoms with Gasteiger partial charge in [0.1, 0.15) is 11.6 Å². The monoisotopic (exact) mass is 589 g/mol. The van der Waals surface area contributed by atoms with Crippen LogP contribution in [0.3, 0.4) is 0 Å². The standard InChI is InChI=1S/C29H31Cl3FN5O/c30-23-4-3-21(26(31)16-23)17-35-29(39)22-15-27(32)28(34-18-22)38-13-11-37(12-14-38)25-7-9-36(10-8-25)19-20-1-5-24(33)6-2-20/h1-6,15-16,18,25H,7-14,17,19H2,(H,35,39). The second kappa shape index (κ2) is 12.8. The summed E-state index contributed by atoms with van der Waals surface area (Å²) in [6.07, 6.45) is 3.83. The van der Waals surface area contributed by atoms with E-state index in [2.05, 4.69) is 25.0 Å². The maximum atomic E-state index is 13.2. The second-order valence-corrected chi connectivity index (χ2v) is 11.4. The topological polar surface area (TPSA) is 51.7 Å². The van der Waals surface area contributed by atoms with E-state index in [-0.39, 0.29) is 18.3 Å². The SMILES string of the molecule is O=C(NCc1ccc(Cl)cc1Cl)c1cnc(N2CCN(C3CCN(Cc4ccc(F)cc4)CC3)CC2)c(Cl)c1. The lowest BCUT2D eigenvalue weighted by atomic mass is 10.0. The molecule has 2 aromatic carbocycles. The molecule has 5 rings (SSSR count). The Morgan fingerprint density at radius 2 is 1.64 bits per heavy atom. The van der Waals surface area contributed by atoms with E-state index >= 15 is 0 Å². The summed E-state index contributed by atoms with van der Waals surface area (Å²) >= 11 is 18.7. The Labute approximate surface area is 243 Å². The molecule has 206 valence electrons. The van der Waals surface area contributed by atoms with E-state index in [1.54, 1.807) is 30.5 Å². The summed E-state index contributed by atoms with van der Waals surface area (Å²) in [4.78, 5) is 24.4. The molecule has 0 unspecified atom stereocenters. The maximum Gasteiger partial charge on any atom is 0.253 e. The number of benzene rings is 2. The molecule has 0 aliphatic carbocycles. The van der Waals surface area contributed by atoms with E-state index in [9.17, 15) is 9.18 Å². The lowest BCUT2D eigenvalue weighted by Crippen LogP contribution is -2.53. The molecule has 3 heterocycles. The van der Waals surface area contributed by atoms with E-state index in [1.165, 1.54) is 12.1 Å². The molecule has 2 aliphatic heterocycles. The number of hydrogen-bond acceptors (Lipinski definition) is 5. The van der Waals surface area contributed by atoms with Gasteiger partial charge >= 0.3 is 0 Å². The summed E-state index contributed by atoms with van der Waals surface area (Å²) in [6.45, 7) is 6.81. The van der Waals surface area contributed by atoms with Gasteiger partial charge in [-0.1, -0.05) is 53.0 Å². The second-order valence-electron chi connectivity index (χ2n) is 10.1. The van der Waals surface area contributed by atoms with E-state index in [0.717, 1.165) is 69.8 Å². The van der Waals surface area contributed by atoms with Gasteiger partial charge in [-0.3, -0.25) is 14.6 Å². The zero-order chi connectivity index (χ0) is 27.4. The highest BCUT2D eigenvalue weighted by Gasteiger charge is 2.28. The molecule has 0 spiro atoms. The Kier molecular flexibility index (Phi) is 9.25. The number of nitrogens with zero attached hydrogens (tertiary/aromatic N) is 4. The molecule has 2 fully saturated rings. The first-order valence-electron chi connectivity index (χ1n) is 13.2. The van der Waals surface area contributed by atoms with Crippen molar-refractivity contribution < 1.29 is 9.18 Å². The van der Waals surface area contributed by atoms with Crippen LogP contribution in [0.1, 0.15) is 34.3 Å². The Bertz CT molecular complexity index is 1290. The Morgan fingerprint density at radius 3 is 2.31 bits per heavy atom. The number of likely N-dealkylation sites (tertiary alicyclic amines) is 1. The molecule has 1 amide bonds. The molecule has 10 heteroatoms. The van der Waals surface area contributed by atoms with Gasteiger partial charge in [-0.2, -0.15) is 0 Å². The lowest BCUT2D eigenvalue weighted by molar-refractivity contribution is 0.0950. The Balaban J connectivity index is 1.09. The minimum absolute atomic E-state index is 0.189. The zero-order valence-corrected chi connectivity index (χ0v) is 23.8. The van der Waals surface area contributed by atoms with Gasteiger partial charge in [0.15, 0.2) is 0 Å². The largest absolute Gasteiger partial charge is 0.353 e. The van der Waals surface area contributed by atoms with Gasteiger partial charge < -0.3 is 10.2 Å². The first-order valence-corrected chi connectivity index (χ1v) is 14.3. The van der Waals surface area contributed by atoms with E-state index in [4.69, 9.17) is 34.8 Å². The van der Waals surface area contributed by atoms with Gasteiger partial charge in [0.05, 0.1) is 10.6 Å². The normalized spacial score (nSPS) is 17.4. The molecular formula is C29H31Cl3FN5O. The Morgan fingerprint density at radius 1 is 0.923 bits per heavy atom. The van der Waals surface area contributed by atoms with Crippen LogP contribution in [0.4, 0.5) is 10.2 Å². The molecule has 1 aromatic heterocycles. The van der Waals surface area contributed by atoms with Crippen molar-refractivity contribution in [3.63, 3.8) is 0 Å². The number of pyridine rings is 1. The minimum Gasteiger partial charge on any atom is -0.353 e. The molecule has 39 heavy (non-hydrogen) atoms. The molecule has 3 aromatic rings. The molecule has 2 saturated heterocycles. The van der Waals surface area contributed by atoms with Crippen molar-refractivity contribution in [3.8, 4) is 0 Å². The maximum absolute atomic E-state index is 13.2. The number of carbonyl (C=O) groups is 1.